The van der Waals surface area contributed by atoms with Gasteiger partial charge in [0.05, 0.1) is 5.69 Å². The first-order chi connectivity index (χ1) is 14.7. The van der Waals surface area contributed by atoms with Crippen molar-refractivity contribution in [3.05, 3.63) is 76.8 Å². The molecular weight excluding hydrogens is 396 g/mol. The van der Waals surface area contributed by atoms with E-state index in [2.05, 4.69) is 20.5 Å². The van der Waals surface area contributed by atoms with E-state index in [1.165, 1.54) is 30.6 Å². The van der Waals surface area contributed by atoms with Gasteiger partial charge in [-0.3, -0.25) is 19.8 Å². The SMILES string of the molecule is O=C(Nc1ccc(C(=O)Nc2nc(CN3CCCCC3)cs2)cc1)c1ccccc1. The Bertz CT molecular complexity index is 996. The summed E-state index contributed by atoms with van der Waals surface area (Å²) in [5.74, 6) is -0.397. The number of hydrogen-bond acceptors (Lipinski definition) is 5. The van der Waals surface area contributed by atoms with Crippen molar-refractivity contribution in [3.63, 3.8) is 0 Å². The maximum Gasteiger partial charge on any atom is 0.257 e. The van der Waals surface area contributed by atoms with Crippen LogP contribution in [0, 0.1) is 0 Å². The molecule has 2 N–H and O–H groups in total. The van der Waals surface area contributed by atoms with E-state index in [0.29, 0.717) is 21.9 Å². The molecule has 1 aromatic heterocycles. The molecule has 1 saturated heterocycles. The lowest BCUT2D eigenvalue weighted by atomic mass is 10.1. The number of nitrogens with one attached hydrogen (secondary N) is 2. The van der Waals surface area contributed by atoms with Crippen LogP contribution in [0.25, 0.3) is 0 Å². The summed E-state index contributed by atoms with van der Waals surface area (Å²) in [7, 11) is 0. The summed E-state index contributed by atoms with van der Waals surface area (Å²) >= 11 is 1.44. The highest BCUT2D eigenvalue weighted by atomic mass is 32.1. The molecule has 3 aromatic rings. The number of benzene rings is 2. The standard InChI is InChI=1S/C23H24N4O2S/c28-21(17-7-3-1-4-8-17)24-19-11-9-18(10-12-19)22(29)26-23-25-20(16-30-23)15-27-13-5-2-6-14-27/h1,3-4,7-12,16H,2,5-6,13-15H2,(H,24,28)(H,25,26,29). The topological polar surface area (TPSA) is 74.3 Å². The number of aromatic nitrogens is 1. The van der Waals surface area contributed by atoms with Gasteiger partial charge in [0, 0.05) is 28.7 Å². The quantitative estimate of drug-likeness (QED) is 0.610. The summed E-state index contributed by atoms with van der Waals surface area (Å²) in [6.45, 7) is 3.07. The summed E-state index contributed by atoms with van der Waals surface area (Å²) in [5.41, 5.74) is 2.73. The second-order valence-corrected chi connectivity index (χ2v) is 8.19. The first kappa shape index (κ1) is 20.3. The minimum atomic E-state index is -0.213. The van der Waals surface area contributed by atoms with Crippen LogP contribution in [0.4, 0.5) is 10.8 Å². The summed E-state index contributed by atoms with van der Waals surface area (Å²) < 4.78 is 0. The molecule has 0 aliphatic carbocycles. The highest BCUT2D eigenvalue weighted by molar-refractivity contribution is 7.14. The second kappa shape index (κ2) is 9.65. The lowest BCUT2D eigenvalue weighted by Gasteiger charge is -2.25. The molecule has 0 bridgehead atoms. The third-order valence-corrected chi connectivity index (χ3v) is 5.85. The molecule has 1 aliphatic rings. The van der Waals surface area contributed by atoms with Gasteiger partial charge in [-0.2, -0.15) is 0 Å². The fraction of sp³-hybridized carbons (Fsp3) is 0.261. The van der Waals surface area contributed by atoms with E-state index in [1.807, 2.05) is 23.6 Å². The largest absolute Gasteiger partial charge is 0.322 e. The van der Waals surface area contributed by atoms with Crippen LogP contribution in [0.3, 0.4) is 0 Å². The fourth-order valence-electron chi connectivity index (χ4n) is 3.45. The van der Waals surface area contributed by atoms with E-state index in [0.717, 1.165) is 25.3 Å². The lowest BCUT2D eigenvalue weighted by Crippen LogP contribution is -2.29. The summed E-state index contributed by atoms with van der Waals surface area (Å²) in [6.07, 6.45) is 3.80. The van der Waals surface area contributed by atoms with E-state index in [9.17, 15) is 9.59 Å². The molecule has 0 saturated carbocycles. The molecule has 6 nitrogen and oxygen atoms in total. The fourth-order valence-corrected chi connectivity index (χ4v) is 4.15. The number of likely N-dealkylation sites (tertiary alicyclic amines) is 1. The van der Waals surface area contributed by atoms with Crippen molar-refractivity contribution in [3.8, 4) is 0 Å². The zero-order chi connectivity index (χ0) is 20.8. The van der Waals surface area contributed by atoms with Gasteiger partial charge in [0.1, 0.15) is 0 Å². The number of nitrogens with zero attached hydrogens (tertiary/aromatic N) is 2. The maximum atomic E-state index is 12.5. The Morgan fingerprint density at radius 3 is 2.27 bits per heavy atom. The molecule has 1 aliphatic heterocycles. The van der Waals surface area contributed by atoms with E-state index in [-0.39, 0.29) is 11.8 Å². The number of carbonyl (C=O) groups excluding carboxylic acids is 2. The predicted molar refractivity (Wildman–Crippen MR) is 120 cm³/mol. The van der Waals surface area contributed by atoms with Crippen molar-refractivity contribution >= 4 is 34.0 Å². The molecule has 0 unspecified atom stereocenters. The Balaban J connectivity index is 1.32. The number of piperidine rings is 1. The monoisotopic (exact) mass is 420 g/mol. The Hall–Kier alpha value is -3.03. The third kappa shape index (κ3) is 5.31. The maximum absolute atomic E-state index is 12.5. The number of amides is 2. The van der Waals surface area contributed by atoms with Crippen LogP contribution < -0.4 is 10.6 Å². The van der Waals surface area contributed by atoms with Crippen LogP contribution in [0.5, 0.6) is 0 Å². The Labute approximate surface area is 180 Å². The Kier molecular flexibility index (Phi) is 6.51. The van der Waals surface area contributed by atoms with Crippen molar-refractivity contribution in [2.75, 3.05) is 23.7 Å². The smallest absolute Gasteiger partial charge is 0.257 e. The zero-order valence-electron chi connectivity index (χ0n) is 16.6. The number of carbonyl (C=O) groups is 2. The molecule has 30 heavy (non-hydrogen) atoms. The van der Waals surface area contributed by atoms with Crippen molar-refractivity contribution < 1.29 is 9.59 Å². The van der Waals surface area contributed by atoms with E-state index < -0.39 is 0 Å². The van der Waals surface area contributed by atoms with Gasteiger partial charge in [-0.05, 0) is 62.3 Å². The molecule has 2 amide bonds. The minimum Gasteiger partial charge on any atom is -0.322 e. The highest BCUT2D eigenvalue weighted by Crippen LogP contribution is 2.20. The van der Waals surface area contributed by atoms with E-state index >= 15 is 0 Å². The Morgan fingerprint density at radius 1 is 0.867 bits per heavy atom. The molecule has 2 heterocycles. The average molecular weight is 421 g/mol. The van der Waals surface area contributed by atoms with Gasteiger partial charge in [-0.1, -0.05) is 24.6 Å². The molecule has 2 aromatic carbocycles. The number of rotatable bonds is 6. The molecule has 7 heteroatoms. The van der Waals surface area contributed by atoms with Crippen molar-refractivity contribution in [1.29, 1.82) is 0 Å². The molecule has 154 valence electrons. The average Bonchev–Trinajstić information content (AvgIpc) is 3.22. The van der Waals surface area contributed by atoms with E-state index in [1.54, 1.807) is 36.4 Å². The van der Waals surface area contributed by atoms with Gasteiger partial charge in [-0.25, -0.2) is 4.98 Å². The zero-order valence-corrected chi connectivity index (χ0v) is 17.5. The van der Waals surface area contributed by atoms with E-state index in [4.69, 9.17) is 0 Å². The van der Waals surface area contributed by atoms with Crippen LogP contribution in [0.15, 0.2) is 60.0 Å². The summed E-state index contributed by atoms with van der Waals surface area (Å²) in [6, 6.07) is 15.8. The van der Waals surface area contributed by atoms with Gasteiger partial charge in [0.25, 0.3) is 11.8 Å². The first-order valence-corrected chi connectivity index (χ1v) is 11.0. The molecule has 1 fully saturated rings. The molecule has 0 radical (unpaired) electrons. The van der Waals surface area contributed by atoms with Crippen molar-refractivity contribution in [2.45, 2.75) is 25.8 Å². The lowest BCUT2D eigenvalue weighted by molar-refractivity contribution is 0.102. The second-order valence-electron chi connectivity index (χ2n) is 7.33. The summed E-state index contributed by atoms with van der Waals surface area (Å²) in [4.78, 5) is 31.7. The van der Waals surface area contributed by atoms with Crippen LogP contribution >= 0.6 is 11.3 Å². The predicted octanol–water partition coefficient (Wildman–Crippen LogP) is 4.63. The van der Waals surface area contributed by atoms with Crippen LogP contribution in [-0.2, 0) is 6.54 Å². The summed E-state index contributed by atoms with van der Waals surface area (Å²) in [5, 5.41) is 8.31. The normalized spacial score (nSPS) is 14.3. The molecule has 0 spiro atoms. The highest BCUT2D eigenvalue weighted by Gasteiger charge is 2.14. The van der Waals surface area contributed by atoms with Gasteiger partial charge in [0.15, 0.2) is 5.13 Å². The van der Waals surface area contributed by atoms with Crippen molar-refractivity contribution in [1.82, 2.24) is 9.88 Å². The number of thiazole rings is 1. The molecule has 0 atom stereocenters. The van der Waals surface area contributed by atoms with Gasteiger partial charge < -0.3 is 5.32 Å². The first-order valence-electron chi connectivity index (χ1n) is 10.1. The minimum absolute atomic E-state index is 0.183. The molecular formula is C23H24N4O2S. The Morgan fingerprint density at radius 2 is 1.53 bits per heavy atom. The van der Waals surface area contributed by atoms with Gasteiger partial charge >= 0.3 is 0 Å². The van der Waals surface area contributed by atoms with Crippen LogP contribution in [0.2, 0.25) is 0 Å². The van der Waals surface area contributed by atoms with Gasteiger partial charge in [0.2, 0.25) is 0 Å². The van der Waals surface area contributed by atoms with Crippen LogP contribution in [0.1, 0.15) is 45.7 Å². The van der Waals surface area contributed by atoms with Gasteiger partial charge in [-0.15, -0.1) is 11.3 Å². The third-order valence-electron chi connectivity index (χ3n) is 5.05. The molecule has 4 rings (SSSR count). The number of anilines is 2. The van der Waals surface area contributed by atoms with Crippen LogP contribution in [-0.4, -0.2) is 34.8 Å². The van der Waals surface area contributed by atoms with Crippen molar-refractivity contribution in [2.24, 2.45) is 0 Å². The number of hydrogen-bond donors (Lipinski definition) is 2.